The van der Waals surface area contributed by atoms with Crippen LogP contribution in [0.25, 0.3) is 0 Å². The van der Waals surface area contributed by atoms with Crippen LogP contribution >= 0.6 is 11.3 Å². The lowest BCUT2D eigenvalue weighted by Crippen LogP contribution is -2.47. The summed E-state index contributed by atoms with van der Waals surface area (Å²) in [6.45, 7) is 0.742. The quantitative estimate of drug-likeness (QED) is 0.535. The van der Waals surface area contributed by atoms with Gasteiger partial charge in [-0.15, -0.1) is 11.3 Å². The first kappa shape index (κ1) is 22.8. The molecule has 0 spiro atoms. The first-order chi connectivity index (χ1) is 16.1. The number of nitrogens with one attached hydrogen (secondary N) is 1. The van der Waals surface area contributed by atoms with Crippen molar-refractivity contribution < 1.29 is 23.8 Å². The summed E-state index contributed by atoms with van der Waals surface area (Å²) in [5.74, 6) is 0.159. The van der Waals surface area contributed by atoms with Crippen LogP contribution in [-0.4, -0.2) is 51.2 Å². The molecule has 3 aromatic rings. The highest BCUT2D eigenvalue weighted by Gasteiger charge is 2.44. The molecule has 2 atom stereocenters. The molecule has 7 nitrogen and oxygen atoms in total. The van der Waals surface area contributed by atoms with Crippen LogP contribution in [0.15, 0.2) is 60.0 Å². The van der Waals surface area contributed by atoms with Gasteiger partial charge in [0.1, 0.15) is 11.5 Å². The number of benzene rings is 2. The lowest BCUT2D eigenvalue weighted by atomic mass is 9.81. The van der Waals surface area contributed by atoms with Crippen LogP contribution in [0, 0.1) is 0 Å². The summed E-state index contributed by atoms with van der Waals surface area (Å²) in [5, 5.41) is 4.97. The number of carbonyl (C=O) groups is 2. The second kappa shape index (κ2) is 10.1. The fourth-order valence-electron chi connectivity index (χ4n) is 4.21. The summed E-state index contributed by atoms with van der Waals surface area (Å²) in [4.78, 5) is 30.0. The second-order valence-electron chi connectivity index (χ2n) is 7.57. The molecule has 0 bridgehead atoms. The number of hydrogen-bond donors (Lipinski definition) is 1. The minimum atomic E-state index is -0.620. The predicted molar refractivity (Wildman–Crippen MR) is 127 cm³/mol. The third kappa shape index (κ3) is 4.44. The summed E-state index contributed by atoms with van der Waals surface area (Å²) < 4.78 is 16.0. The molecule has 1 aliphatic rings. The number of amides is 2. The van der Waals surface area contributed by atoms with E-state index in [4.69, 9.17) is 14.2 Å². The van der Waals surface area contributed by atoms with Gasteiger partial charge in [-0.1, -0.05) is 24.3 Å². The van der Waals surface area contributed by atoms with Crippen LogP contribution in [0.3, 0.4) is 0 Å². The minimum Gasteiger partial charge on any atom is -0.497 e. The number of anilines is 1. The van der Waals surface area contributed by atoms with Crippen molar-refractivity contribution in [3.63, 3.8) is 0 Å². The molecular formula is C25H26N2O5S. The fourth-order valence-corrected chi connectivity index (χ4v) is 5.08. The van der Waals surface area contributed by atoms with Crippen molar-refractivity contribution in [2.75, 3.05) is 39.8 Å². The van der Waals surface area contributed by atoms with Crippen LogP contribution in [0.1, 0.15) is 32.8 Å². The van der Waals surface area contributed by atoms with Gasteiger partial charge < -0.3 is 24.4 Å². The van der Waals surface area contributed by atoms with Gasteiger partial charge in [-0.25, -0.2) is 0 Å². The highest BCUT2D eigenvalue weighted by Crippen LogP contribution is 2.45. The smallest absolute Gasteiger partial charge is 0.254 e. The van der Waals surface area contributed by atoms with Crippen LogP contribution in [-0.2, 0) is 9.53 Å². The van der Waals surface area contributed by atoms with Gasteiger partial charge in [-0.05, 0) is 35.2 Å². The standard InChI is InChI=1S/C25H26N2O5S/c1-30-13-12-27-23(21-9-6-14-33-21)22(17-7-4-5-8-18(17)25(27)29)24(28)26-19-15-16(31-2)10-11-20(19)32-3/h4-11,14-15,22-23H,12-13H2,1-3H3,(H,26,28). The van der Waals surface area contributed by atoms with E-state index < -0.39 is 12.0 Å². The zero-order chi connectivity index (χ0) is 23.4. The van der Waals surface area contributed by atoms with Gasteiger partial charge in [0.25, 0.3) is 5.91 Å². The molecule has 2 aromatic carbocycles. The average Bonchev–Trinajstić information content (AvgIpc) is 3.37. The molecule has 0 saturated heterocycles. The molecule has 2 heterocycles. The molecule has 33 heavy (non-hydrogen) atoms. The topological polar surface area (TPSA) is 77.1 Å². The number of rotatable bonds is 8. The number of ether oxygens (including phenoxy) is 3. The fraction of sp³-hybridized carbons (Fsp3) is 0.280. The molecular weight excluding hydrogens is 440 g/mol. The van der Waals surface area contributed by atoms with E-state index >= 15 is 0 Å². The average molecular weight is 467 g/mol. The Bertz CT molecular complexity index is 1130. The molecule has 1 aliphatic heterocycles. The summed E-state index contributed by atoms with van der Waals surface area (Å²) >= 11 is 1.53. The molecule has 0 saturated carbocycles. The molecule has 172 valence electrons. The van der Waals surface area contributed by atoms with Gasteiger partial charge in [-0.3, -0.25) is 9.59 Å². The molecule has 1 N–H and O–H groups in total. The Morgan fingerprint density at radius 2 is 1.88 bits per heavy atom. The molecule has 2 unspecified atom stereocenters. The van der Waals surface area contributed by atoms with Gasteiger partial charge >= 0.3 is 0 Å². The summed E-state index contributed by atoms with van der Waals surface area (Å²) in [7, 11) is 4.71. The van der Waals surface area contributed by atoms with E-state index in [-0.39, 0.29) is 11.8 Å². The number of thiophene rings is 1. The third-order valence-electron chi connectivity index (χ3n) is 5.76. The summed E-state index contributed by atoms with van der Waals surface area (Å²) in [6, 6.07) is 16.0. The molecule has 2 amide bonds. The Kier molecular flexibility index (Phi) is 6.96. The first-order valence-electron chi connectivity index (χ1n) is 10.5. The molecule has 0 fully saturated rings. The number of methoxy groups -OCH3 is 3. The zero-order valence-corrected chi connectivity index (χ0v) is 19.6. The molecule has 4 rings (SSSR count). The molecule has 0 aliphatic carbocycles. The third-order valence-corrected chi connectivity index (χ3v) is 6.70. The summed E-state index contributed by atoms with van der Waals surface area (Å²) in [5.41, 5.74) is 1.73. The monoisotopic (exact) mass is 466 g/mol. The van der Waals surface area contributed by atoms with E-state index in [9.17, 15) is 9.59 Å². The lowest BCUT2D eigenvalue weighted by Gasteiger charge is -2.41. The van der Waals surface area contributed by atoms with Crippen LogP contribution in [0.2, 0.25) is 0 Å². The van der Waals surface area contributed by atoms with E-state index in [1.807, 2.05) is 35.7 Å². The minimum absolute atomic E-state index is 0.107. The summed E-state index contributed by atoms with van der Waals surface area (Å²) in [6.07, 6.45) is 0. The second-order valence-corrected chi connectivity index (χ2v) is 8.55. The number of carbonyl (C=O) groups excluding carboxylic acids is 2. The van der Waals surface area contributed by atoms with Gasteiger partial charge in [-0.2, -0.15) is 0 Å². The van der Waals surface area contributed by atoms with E-state index in [0.29, 0.717) is 41.5 Å². The van der Waals surface area contributed by atoms with Crippen LogP contribution in [0.5, 0.6) is 11.5 Å². The number of fused-ring (bicyclic) bond motifs is 1. The van der Waals surface area contributed by atoms with Gasteiger partial charge in [0.15, 0.2) is 0 Å². The van der Waals surface area contributed by atoms with E-state index in [1.54, 1.807) is 50.5 Å². The number of hydrogen-bond acceptors (Lipinski definition) is 6. The SMILES string of the molecule is COCCN1C(=O)c2ccccc2C(C(=O)Nc2cc(OC)ccc2OC)C1c1cccs1. The van der Waals surface area contributed by atoms with E-state index in [2.05, 4.69) is 5.32 Å². The van der Waals surface area contributed by atoms with Crippen molar-refractivity contribution in [2.45, 2.75) is 12.0 Å². The number of nitrogens with zero attached hydrogens (tertiary/aromatic N) is 1. The Balaban J connectivity index is 1.80. The maximum Gasteiger partial charge on any atom is 0.254 e. The first-order valence-corrected chi connectivity index (χ1v) is 11.4. The van der Waals surface area contributed by atoms with Crippen molar-refractivity contribution in [1.82, 2.24) is 4.90 Å². The lowest BCUT2D eigenvalue weighted by molar-refractivity contribution is -0.119. The van der Waals surface area contributed by atoms with Crippen molar-refractivity contribution in [3.8, 4) is 11.5 Å². The van der Waals surface area contributed by atoms with Crippen molar-refractivity contribution >= 4 is 28.8 Å². The zero-order valence-electron chi connectivity index (χ0n) is 18.7. The van der Waals surface area contributed by atoms with E-state index in [1.165, 1.54) is 11.3 Å². The van der Waals surface area contributed by atoms with Gasteiger partial charge in [0.05, 0.1) is 38.5 Å². The Labute approximate surface area is 196 Å². The molecule has 1 aromatic heterocycles. The van der Waals surface area contributed by atoms with Gasteiger partial charge in [0.2, 0.25) is 5.91 Å². The Hall–Kier alpha value is -3.36. The van der Waals surface area contributed by atoms with Crippen LogP contribution in [0.4, 0.5) is 5.69 Å². The predicted octanol–water partition coefficient (Wildman–Crippen LogP) is 4.33. The van der Waals surface area contributed by atoms with Crippen molar-refractivity contribution in [1.29, 1.82) is 0 Å². The van der Waals surface area contributed by atoms with Gasteiger partial charge in [0, 0.05) is 30.2 Å². The van der Waals surface area contributed by atoms with Crippen LogP contribution < -0.4 is 14.8 Å². The van der Waals surface area contributed by atoms with E-state index in [0.717, 1.165) is 4.88 Å². The van der Waals surface area contributed by atoms with Crippen molar-refractivity contribution in [2.24, 2.45) is 0 Å². The highest BCUT2D eigenvalue weighted by atomic mass is 32.1. The molecule has 0 radical (unpaired) electrons. The maximum atomic E-state index is 13.9. The maximum absolute atomic E-state index is 13.9. The largest absolute Gasteiger partial charge is 0.497 e. The van der Waals surface area contributed by atoms with Crippen molar-refractivity contribution in [3.05, 3.63) is 76.0 Å². The Morgan fingerprint density at radius 1 is 1.06 bits per heavy atom. The normalized spacial score (nSPS) is 17.4. The molecule has 8 heteroatoms. The Morgan fingerprint density at radius 3 is 2.58 bits per heavy atom. The highest BCUT2D eigenvalue weighted by molar-refractivity contribution is 7.10.